The molecule has 0 spiro atoms. The highest BCUT2D eigenvalue weighted by Crippen LogP contribution is 2.16. The van der Waals surface area contributed by atoms with Crippen LogP contribution >= 0.6 is 0 Å². The molecule has 1 unspecified atom stereocenters. The van der Waals surface area contributed by atoms with E-state index in [-0.39, 0.29) is 12.0 Å². The number of hydrogen-bond donors (Lipinski definition) is 0. The molecule has 1 saturated heterocycles. The second-order valence-electron chi connectivity index (χ2n) is 4.80. The summed E-state index contributed by atoms with van der Waals surface area (Å²) >= 11 is 0. The first-order valence-corrected chi connectivity index (χ1v) is 6.98. The first-order chi connectivity index (χ1) is 9.22. The van der Waals surface area contributed by atoms with Crippen molar-refractivity contribution in [3.63, 3.8) is 0 Å². The van der Waals surface area contributed by atoms with Gasteiger partial charge in [0.15, 0.2) is 0 Å². The standard InChI is InChI=1S/C14H21N3O2/c1-3-11-8-15-14(16-9-11)19-12-6-5-7-17(10-12)13(18)4-2/h8-9,12H,3-7,10H2,1-2H3. The molecule has 1 aliphatic heterocycles. The molecule has 1 atom stereocenters. The SMILES string of the molecule is CCC(=O)N1CCCC(Oc2ncc(CC)cn2)C1. The van der Waals surface area contributed by atoms with Gasteiger partial charge in [0.25, 0.3) is 0 Å². The molecule has 1 aromatic rings. The lowest BCUT2D eigenvalue weighted by atomic mass is 10.1. The molecule has 19 heavy (non-hydrogen) atoms. The fourth-order valence-corrected chi connectivity index (χ4v) is 2.22. The summed E-state index contributed by atoms with van der Waals surface area (Å²) in [6.07, 6.45) is 6.99. The Balaban J connectivity index is 1.92. The van der Waals surface area contributed by atoms with Crippen LogP contribution in [0, 0.1) is 0 Å². The summed E-state index contributed by atoms with van der Waals surface area (Å²) in [7, 11) is 0. The average Bonchev–Trinajstić information content (AvgIpc) is 2.47. The monoisotopic (exact) mass is 263 g/mol. The van der Waals surface area contributed by atoms with Gasteiger partial charge in [-0.2, -0.15) is 0 Å². The van der Waals surface area contributed by atoms with Gasteiger partial charge in [0.2, 0.25) is 5.91 Å². The number of likely N-dealkylation sites (tertiary alicyclic amines) is 1. The molecule has 1 aliphatic rings. The zero-order chi connectivity index (χ0) is 13.7. The summed E-state index contributed by atoms with van der Waals surface area (Å²) in [6.45, 7) is 5.43. The van der Waals surface area contributed by atoms with Crippen molar-refractivity contribution in [3.8, 4) is 6.01 Å². The molecule has 1 amide bonds. The van der Waals surface area contributed by atoms with E-state index in [0.717, 1.165) is 31.4 Å². The maximum atomic E-state index is 11.7. The minimum absolute atomic E-state index is 0.0109. The molecule has 0 N–H and O–H groups in total. The van der Waals surface area contributed by atoms with Crippen LogP contribution in [0.5, 0.6) is 6.01 Å². The molecule has 0 aromatic carbocycles. The van der Waals surface area contributed by atoms with Crippen molar-refractivity contribution in [3.05, 3.63) is 18.0 Å². The Morgan fingerprint density at radius 2 is 2.16 bits per heavy atom. The number of nitrogens with zero attached hydrogens (tertiary/aromatic N) is 3. The third-order valence-electron chi connectivity index (χ3n) is 3.40. The van der Waals surface area contributed by atoms with Crippen molar-refractivity contribution in [2.45, 2.75) is 45.6 Å². The van der Waals surface area contributed by atoms with Gasteiger partial charge < -0.3 is 9.64 Å². The van der Waals surface area contributed by atoms with Crippen LogP contribution in [0.3, 0.4) is 0 Å². The van der Waals surface area contributed by atoms with E-state index in [4.69, 9.17) is 4.74 Å². The number of carbonyl (C=O) groups excluding carboxylic acids is 1. The highest BCUT2D eigenvalue weighted by molar-refractivity contribution is 5.75. The van der Waals surface area contributed by atoms with Crippen LogP contribution in [0.1, 0.15) is 38.7 Å². The molecular weight excluding hydrogens is 242 g/mol. The van der Waals surface area contributed by atoms with E-state index in [1.807, 2.05) is 11.8 Å². The van der Waals surface area contributed by atoms with E-state index in [0.29, 0.717) is 19.0 Å². The molecule has 5 heteroatoms. The molecule has 0 radical (unpaired) electrons. The maximum Gasteiger partial charge on any atom is 0.316 e. The van der Waals surface area contributed by atoms with Crippen LogP contribution in [-0.4, -0.2) is 40.0 Å². The molecule has 104 valence electrons. The number of carbonyl (C=O) groups is 1. The lowest BCUT2D eigenvalue weighted by molar-refractivity contribution is -0.133. The molecular formula is C14H21N3O2. The van der Waals surface area contributed by atoms with Gasteiger partial charge in [-0.15, -0.1) is 0 Å². The summed E-state index contributed by atoms with van der Waals surface area (Å²) in [4.78, 5) is 22.0. The second-order valence-corrected chi connectivity index (χ2v) is 4.80. The Bertz CT molecular complexity index is 419. The Morgan fingerprint density at radius 1 is 1.42 bits per heavy atom. The topological polar surface area (TPSA) is 55.3 Å². The zero-order valence-corrected chi connectivity index (χ0v) is 11.6. The molecule has 5 nitrogen and oxygen atoms in total. The van der Waals surface area contributed by atoms with Gasteiger partial charge >= 0.3 is 6.01 Å². The van der Waals surface area contributed by atoms with Gasteiger partial charge in [-0.25, -0.2) is 9.97 Å². The molecule has 0 bridgehead atoms. The van der Waals surface area contributed by atoms with Crippen molar-refractivity contribution in [1.29, 1.82) is 0 Å². The van der Waals surface area contributed by atoms with Crippen LogP contribution in [0.4, 0.5) is 0 Å². The Labute approximate surface area is 114 Å². The van der Waals surface area contributed by atoms with Crippen molar-refractivity contribution in [2.75, 3.05) is 13.1 Å². The largest absolute Gasteiger partial charge is 0.458 e. The van der Waals surface area contributed by atoms with Gasteiger partial charge in [-0.3, -0.25) is 4.79 Å². The fourth-order valence-electron chi connectivity index (χ4n) is 2.22. The normalized spacial score (nSPS) is 19.3. The third kappa shape index (κ3) is 3.66. The Morgan fingerprint density at radius 3 is 2.79 bits per heavy atom. The highest BCUT2D eigenvalue weighted by atomic mass is 16.5. The number of aryl methyl sites for hydroxylation is 1. The predicted octanol–water partition coefficient (Wildman–Crippen LogP) is 1.82. The second kappa shape index (κ2) is 6.50. The van der Waals surface area contributed by atoms with Crippen molar-refractivity contribution < 1.29 is 9.53 Å². The van der Waals surface area contributed by atoms with Crippen molar-refractivity contribution in [2.24, 2.45) is 0 Å². The predicted molar refractivity (Wildman–Crippen MR) is 71.9 cm³/mol. The average molecular weight is 263 g/mol. The van der Waals surface area contributed by atoms with Gasteiger partial charge in [-0.1, -0.05) is 13.8 Å². The quantitative estimate of drug-likeness (QED) is 0.831. The van der Waals surface area contributed by atoms with Gasteiger partial charge in [0.05, 0.1) is 6.54 Å². The van der Waals surface area contributed by atoms with Crippen molar-refractivity contribution >= 4 is 5.91 Å². The summed E-state index contributed by atoms with van der Waals surface area (Å²) < 4.78 is 5.76. The number of piperidine rings is 1. The number of hydrogen-bond acceptors (Lipinski definition) is 4. The summed E-state index contributed by atoms with van der Waals surface area (Å²) in [5, 5.41) is 0. The number of ether oxygens (including phenoxy) is 1. The minimum Gasteiger partial charge on any atom is -0.458 e. The summed E-state index contributed by atoms with van der Waals surface area (Å²) in [6, 6.07) is 0.410. The van der Waals surface area contributed by atoms with Gasteiger partial charge in [-0.05, 0) is 24.8 Å². The van der Waals surface area contributed by atoms with Crippen LogP contribution in [-0.2, 0) is 11.2 Å². The summed E-state index contributed by atoms with van der Waals surface area (Å²) in [5.41, 5.74) is 1.10. The van der Waals surface area contributed by atoms with Crippen LogP contribution in [0.2, 0.25) is 0 Å². The first-order valence-electron chi connectivity index (χ1n) is 6.98. The van der Waals surface area contributed by atoms with Crippen LogP contribution in [0.15, 0.2) is 12.4 Å². The van der Waals surface area contributed by atoms with E-state index in [9.17, 15) is 4.79 Å². The first kappa shape index (κ1) is 13.8. The Kier molecular flexibility index (Phi) is 4.71. The third-order valence-corrected chi connectivity index (χ3v) is 3.40. The smallest absolute Gasteiger partial charge is 0.316 e. The lowest BCUT2D eigenvalue weighted by Gasteiger charge is -2.32. The summed E-state index contributed by atoms with van der Waals surface area (Å²) in [5.74, 6) is 0.190. The van der Waals surface area contributed by atoms with Gasteiger partial charge in [0.1, 0.15) is 6.10 Å². The van der Waals surface area contributed by atoms with E-state index in [2.05, 4.69) is 16.9 Å². The van der Waals surface area contributed by atoms with Crippen molar-refractivity contribution in [1.82, 2.24) is 14.9 Å². The van der Waals surface area contributed by atoms with E-state index < -0.39 is 0 Å². The Hall–Kier alpha value is -1.65. The van der Waals surface area contributed by atoms with Gasteiger partial charge in [0, 0.05) is 25.4 Å². The molecule has 1 fully saturated rings. The highest BCUT2D eigenvalue weighted by Gasteiger charge is 2.24. The van der Waals surface area contributed by atoms with E-state index >= 15 is 0 Å². The molecule has 1 aromatic heterocycles. The van der Waals surface area contributed by atoms with Crippen LogP contribution < -0.4 is 4.74 Å². The number of amides is 1. The zero-order valence-electron chi connectivity index (χ0n) is 11.6. The molecule has 0 aliphatic carbocycles. The number of rotatable bonds is 4. The number of aromatic nitrogens is 2. The maximum absolute atomic E-state index is 11.7. The fraction of sp³-hybridized carbons (Fsp3) is 0.643. The molecule has 2 heterocycles. The van der Waals surface area contributed by atoms with Crippen LogP contribution in [0.25, 0.3) is 0 Å². The van der Waals surface area contributed by atoms with E-state index in [1.54, 1.807) is 12.4 Å². The molecule has 2 rings (SSSR count). The minimum atomic E-state index is 0.0109. The molecule has 0 saturated carbocycles. The van der Waals surface area contributed by atoms with E-state index in [1.165, 1.54) is 0 Å². The lowest BCUT2D eigenvalue weighted by Crippen LogP contribution is -2.44.